The minimum absolute atomic E-state index is 0.0708. The number of para-hydroxylation sites is 1. The Kier molecular flexibility index (Phi) is 8.45. The molecule has 3 aromatic rings. The van der Waals surface area contributed by atoms with Gasteiger partial charge in [0.2, 0.25) is 5.91 Å². The fourth-order valence-electron chi connectivity index (χ4n) is 4.06. The topological polar surface area (TPSA) is 73.2 Å². The summed E-state index contributed by atoms with van der Waals surface area (Å²) in [5.74, 6) is -1.20. The SMILES string of the molecule is N#CC(C(=O)NCCc1ccccc1)=C1SC(Cc2cc(Cl)ccc2C(F)(F)F)C(=O)N1c1ccccc1. The molecular formula is C28H21ClF3N3O2S. The molecule has 1 saturated heterocycles. The maximum atomic E-state index is 13.6. The van der Waals surface area contributed by atoms with Gasteiger partial charge in [-0.3, -0.25) is 14.5 Å². The molecule has 3 aromatic carbocycles. The van der Waals surface area contributed by atoms with Crippen LogP contribution in [0, 0.1) is 11.3 Å². The number of alkyl halides is 3. The van der Waals surface area contributed by atoms with Crippen LogP contribution in [0.5, 0.6) is 0 Å². The first-order valence-electron chi connectivity index (χ1n) is 11.6. The molecule has 194 valence electrons. The number of carbonyl (C=O) groups excluding carboxylic acids is 2. The lowest BCUT2D eigenvalue weighted by atomic mass is 10.0. The minimum Gasteiger partial charge on any atom is -0.351 e. The highest BCUT2D eigenvalue weighted by molar-refractivity contribution is 8.05. The molecule has 4 rings (SSSR count). The zero-order valence-corrected chi connectivity index (χ0v) is 21.4. The van der Waals surface area contributed by atoms with E-state index >= 15 is 0 Å². The first kappa shape index (κ1) is 27.3. The second-order valence-electron chi connectivity index (χ2n) is 8.40. The van der Waals surface area contributed by atoms with Crippen LogP contribution in [0.3, 0.4) is 0 Å². The Labute approximate surface area is 226 Å². The van der Waals surface area contributed by atoms with Gasteiger partial charge in [0.05, 0.1) is 10.8 Å². The monoisotopic (exact) mass is 555 g/mol. The largest absolute Gasteiger partial charge is 0.416 e. The van der Waals surface area contributed by atoms with Gasteiger partial charge in [0.1, 0.15) is 16.7 Å². The van der Waals surface area contributed by atoms with Crippen LogP contribution in [0.25, 0.3) is 0 Å². The van der Waals surface area contributed by atoms with Crippen molar-refractivity contribution in [3.8, 4) is 6.07 Å². The fourth-order valence-corrected chi connectivity index (χ4v) is 5.55. The van der Waals surface area contributed by atoms with Gasteiger partial charge in [-0.25, -0.2) is 0 Å². The predicted molar refractivity (Wildman–Crippen MR) is 141 cm³/mol. The van der Waals surface area contributed by atoms with E-state index in [4.69, 9.17) is 11.6 Å². The van der Waals surface area contributed by atoms with Gasteiger partial charge in [-0.1, -0.05) is 71.9 Å². The van der Waals surface area contributed by atoms with Crippen LogP contribution in [-0.2, 0) is 28.6 Å². The summed E-state index contributed by atoms with van der Waals surface area (Å²) in [6, 6.07) is 22.9. The zero-order chi connectivity index (χ0) is 27.3. The van der Waals surface area contributed by atoms with E-state index in [2.05, 4.69) is 5.32 Å². The lowest BCUT2D eigenvalue weighted by Crippen LogP contribution is -2.32. The van der Waals surface area contributed by atoms with Crippen molar-refractivity contribution in [2.75, 3.05) is 11.4 Å². The molecule has 1 atom stereocenters. The average Bonchev–Trinajstić information content (AvgIpc) is 3.20. The van der Waals surface area contributed by atoms with E-state index in [1.165, 1.54) is 11.0 Å². The summed E-state index contributed by atoms with van der Waals surface area (Å²) in [7, 11) is 0. The molecule has 38 heavy (non-hydrogen) atoms. The number of benzene rings is 3. The maximum absolute atomic E-state index is 13.6. The number of thioether (sulfide) groups is 1. The molecule has 0 bridgehead atoms. The molecule has 1 N–H and O–H groups in total. The Balaban J connectivity index is 1.65. The lowest BCUT2D eigenvalue weighted by molar-refractivity contribution is -0.138. The number of nitrogens with zero attached hydrogens (tertiary/aromatic N) is 2. The third kappa shape index (κ3) is 6.21. The van der Waals surface area contributed by atoms with E-state index in [1.807, 2.05) is 36.4 Å². The van der Waals surface area contributed by atoms with Crippen molar-refractivity contribution >= 4 is 40.9 Å². The number of halogens is 4. The molecule has 1 aliphatic rings. The van der Waals surface area contributed by atoms with Crippen molar-refractivity contribution in [2.24, 2.45) is 0 Å². The Morgan fingerprint density at radius 1 is 1.05 bits per heavy atom. The Bertz CT molecular complexity index is 1410. The van der Waals surface area contributed by atoms with E-state index < -0.39 is 28.8 Å². The number of anilines is 1. The molecular weight excluding hydrogens is 535 g/mol. The van der Waals surface area contributed by atoms with E-state index in [1.54, 1.807) is 30.3 Å². The Morgan fingerprint density at radius 2 is 1.71 bits per heavy atom. The highest BCUT2D eigenvalue weighted by Gasteiger charge is 2.42. The molecule has 1 heterocycles. The molecule has 10 heteroatoms. The van der Waals surface area contributed by atoms with Crippen molar-refractivity contribution in [2.45, 2.75) is 24.3 Å². The summed E-state index contributed by atoms with van der Waals surface area (Å²) in [6.07, 6.45) is -4.40. The number of hydrogen-bond acceptors (Lipinski definition) is 4. The average molecular weight is 556 g/mol. The van der Waals surface area contributed by atoms with Gasteiger partial charge < -0.3 is 5.32 Å². The van der Waals surface area contributed by atoms with Crippen LogP contribution in [0.1, 0.15) is 16.7 Å². The third-order valence-corrected chi connectivity index (χ3v) is 7.34. The molecule has 1 unspecified atom stereocenters. The normalized spacial score (nSPS) is 16.8. The molecule has 0 saturated carbocycles. The van der Waals surface area contributed by atoms with Gasteiger partial charge >= 0.3 is 6.18 Å². The lowest BCUT2D eigenvalue weighted by Gasteiger charge is -2.19. The summed E-state index contributed by atoms with van der Waals surface area (Å²) >= 11 is 6.87. The number of carbonyl (C=O) groups is 2. The molecule has 0 spiro atoms. The number of nitrogens with one attached hydrogen (secondary N) is 1. The van der Waals surface area contributed by atoms with E-state index in [9.17, 15) is 28.0 Å². The summed E-state index contributed by atoms with van der Waals surface area (Å²) in [6.45, 7) is 0.256. The molecule has 0 aliphatic carbocycles. The van der Waals surface area contributed by atoms with Gasteiger partial charge in [0.15, 0.2) is 0 Å². The number of amides is 2. The second-order valence-corrected chi connectivity index (χ2v) is 10.0. The van der Waals surface area contributed by atoms with Crippen LogP contribution in [0.4, 0.5) is 18.9 Å². The number of nitriles is 1. The Hall–Kier alpha value is -3.74. The molecule has 0 radical (unpaired) electrons. The van der Waals surface area contributed by atoms with Crippen LogP contribution >= 0.6 is 23.4 Å². The van der Waals surface area contributed by atoms with Crippen molar-refractivity contribution in [3.05, 3.63) is 111 Å². The standard InChI is InChI=1S/C28H21ClF3N3O2S/c29-20-11-12-23(28(30,31)32)19(15-20)16-24-26(37)35(21-9-5-2-6-10-21)27(38-24)22(17-33)25(36)34-14-13-18-7-3-1-4-8-18/h1-12,15,24H,13-14,16H2,(H,34,36). The molecule has 2 amide bonds. The predicted octanol–water partition coefficient (Wildman–Crippen LogP) is 6.14. The van der Waals surface area contributed by atoms with Crippen LogP contribution in [-0.4, -0.2) is 23.6 Å². The summed E-state index contributed by atoms with van der Waals surface area (Å²) in [5, 5.41) is 11.8. The smallest absolute Gasteiger partial charge is 0.351 e. The van der Waals surface area contributed by atoms with E-state index in [-0.39, 0.29) is 34.2 Å². The van der Waals surface area contributed by atoms with Crippen molar-refractivity contribution < 1.29 is 22.8 Å². The molecule has 1 fully saturated rings. The fraction of sp³-hybridized carbons (Fsp3) is 0.179. The zero-order valence-electron chi connectivity index (χ0n) is 19.8. The first-order chi connectivity index (χ1) is 18.2. The van der Waals surface area contributed by atoms with Gasteiger partial charge in [-0.15, -0.1) is 0 Å². The third-order valence-electron chi connectivity index (χ3n) is 5.84. The highest BCUT2D eigenvalue weighted by Crippen LogP contribution is 2.43. The minimum atomic E-state index is -4.64. The summed E-state index contributed by atoms with van der Waals surface area (Å²) in [4.78, 5) is 27.8. The van der Waals surface area contributed by atoms with E-state index in [0.29, 0.717) is 12.1 Å². The van der Waals surface area contributed by atoms with Crippen molar-refractivity contribution in [1.82, 2.24) is 5.32 Å². The van der Waals surface area contributed by atoms with Crippen LogP contribution in [0.2, 0.25) is 5.02 Å². The Morgan fingerprint density at radius 3 is 2.34 bits per heavy atom. The van der Waals surface area contributed by atoms with Gasteiger partial charge in [-0.2, -0.15) is 18.4 Å². The molecule has 0 aromatic heterocycles. The van der Waals surface area contributed by atoms with Crippen molar-refractivity contribution in [3.63, 3.8) is 0 Å². The van der Waals surface area contributed by atoms with Crippen LogP contribution < -0.4 is 10.2 Å². The summed E-state index contributed by atoms with van der Waals surface area (Å²) in [5.41, 5.74) is 0.0748. The highest BCUT2D eigenvalue weighted by atomic mass is 35.5. The van der Waals surface area contributed by atoms with Gasteiger partial charge in [-0.05, 0) is 54.3 Å². The molecule has 1 aliphatic heterocycles. The van der Waals surface area contributed by atoms with Crippen LogP contribution in [0.15, 0.2) is 89.5 Å². The quantitative estimate of drug-likeness (QED) is 0.281. The maximum Gasteiger partial charge on any atom is 0.416 e. The van der Waals surface area contributed by atoms with Crippen molar-refractivity contribution in [1.29, 1.82) is 5.26 Å². The van der Waals surface area contributed by atoms with Gasteiger partial charge in [0.25, 0.3) is 5.91 Å². The second kappa shape index (κ2) is 11.8. The molecule has 5 nitrogen and oxygen atoms in total. The first-order valence-corrected chi connectivity index (χ1v) is 12.8. The summed E-state index contributed by atoms with van der Waals surface area (Å²) < 4.78 is 40.9. The number of hydrogen-bond donors (Lipinski definition) is 1. The van der Waals surface area contributed by atoms with E-state index in [0.717, 1.165) is 29.5 Å². The number of rotatable bonds is 7. The van der Waals surface area contributed by atoms with Gasteiger partial charge in [0, 0.05) is 17.3 Å².